The molecule has 106 valence electrons. The molecule has 0 radical (unpaired) electrons. The molecule has 0 bridgehead atoms. The van der Waals surface area contributed by atoms with Crippen molar-refractivity contribution in [2.24, 2.45) is 17.0 Å². The predicted molar refractivity (Wildman–Crippen MR) is 75.8 cm³/mol. The van der Waals surface area contributed by atoms with E-state index < -0.39 is 0 Å². The topological polar surface area (TPSA) is 47.9 Å². The van der Waals surface area contributed by atoms with Gasteiger partial charge in [-0.2, -0.15) is 0 Å². The first kappa shape index (κ1) is 13.2. The van der Waals surface area contributed by atoms with E-state index in [-0.39, 0.29) is 11.9 Å². The highest BCUT2D eigenvalue weighted by Gasteiger charge is 2.41. The van der Waals surface area contributed by atoms with E-state index in [1.54, 1.807) is 7.11 Å². The molecule has 4 nitrogen and oxygen atoms in total. The molecule has 4 heteroatoms. The quantitative estimate of drug-likeness (QED) is 0.470. The van der Waals surface area contributed by atoms with Gasteiger partial charge >= 0.3 is 5.97 Å². The number of hydrogen-bond donors (Lipinski definition) is 0. The lowest BCUT2D eigenvalue weighted by atomic mass is 10.1. The summed E-state index contributed by atoms with van der Waals surface area (Å²) in [4.78, 5) is 16.4. The Balaban J connectivity index is 1.56. The van der Waals surface area contributed by atoms with Gasteiger partial charge in [0.2, 0.25) is 0 Å². The van der Waals surface area contributed by atoms with Crippen molar-refractivity contribution in [2.45, 2.75) is 32.1 Å². The largest absolute Gasteiger partial charge is 0.497 e. The first-order valence-corrected chi connectivity index (χ1v) is 7.08. The zero-order valence-corrected chi connectivity index (χ0v) is 11.8. The summed E-state index contributed by atoms with van der Waals surface area (Å²) in [6, 6.07) is 8.13. The number of benzene rings is 1. The molecule has 0 aliphatic heterocycles. The number of carbonyl (C=O) groups excluding carboxylic acids is 1. The second kappa shape index (κ2) is 5.27. The molecule has 0 saturated heterocycles. The highest BCUT2D eigenvalue weighted by Crippen LogP contribution is 2.48. The van der Waals surface area contributed by atoms with Crippen LogP contribution in [0.1, 0.15) is 37.7 Å². The highest BCUT2D eigenvalue weighted by atomic mass is 16.7. The summed E-state index contributed by atoms with van der Waals surface area (Å²) in [6.07, 6.45) is 2.97. The van der Waals surface area contributed by atoms with E-state index in [9.17, 15) is 4.79 Å². The van der Waals surface area contributed by atoms with Gasteiger partial charge in [0.1, 0.15) is 5.75 Å². The number of hydrogen-bond acceptors (Lipinski definition) is 4. The minimum atomic E-state index is -0.175. The van der Waals surface area contributed by atoms with E-state index in [0.717, 1.165) is 30.7 Å². The molecule has 0 unspecified atom stereocenters. The van der Waals surface area contributed by atoms with Crippen LogP contribution < -0.4 is 4.74 Å². The Morgan fingerprint density at radius 3 is 2.55 bits per heavy atom. The maximum atomic E-state index is 11.4. The molecule has 1 aromatic carbocycles. The molecule has 0 aromatic heterocycles. The summed E-state index contributed by atoms with van der Waals surface area (Å²) in [6.45, 7) is 1.94. The lowest BCUT2D eigenvalue weighted by Crippen LogP contribution is -2.05. The fourth-order valence-corrected chi connectivity index (χ4v) is 2.45. The summed E-state index contributed by atoms with van der Waals surface area (Å²) >= 11 is 0. The zero-order valence-electron chi connectivity index (χ0n) is 11.8. The second-order valence-electron chi connectivity index (χ2n) is 5.64. The van der Waals surface area contributed by atoms with Gasteiger partial charge in [-0.1, -0.05) is 17.3 Å². The third-order valence-electron chi connectivity index (χ3n) is 4.06. The van der Waals surface area contributed by atoms with Crippen LogP contribution in [0.5, 0.6) is 5.75 Å². The minimum absolute atomic E-state index is 0.100. The third kappa shape index (κ3) is 2.84. The van der Waals surface area contributed by atoms with E-state index in [4.69, 9.17) is 9.57 Å². The zero-order chi connectivity index (χ0) is 14.1. The van der Waals surface area contributed by atoms with Crippen molar-refractivity contribution in [3.63, 3.8) is 0 Å². The Labute approximate surface area is 118 Å². The summed E-state index contributed by atoms with van der Waals surface area (Å²) in [5.41, 5.74) is 2.21. The molecule has 0 amide bonds. The SMILES string of the molecule is COc1ccc([C@@H]2C[C@H]2/C(C)=N\OC(=O)C2CC2)cc1. The van der Waals surface area contributed by atoms with Crippen LogP contribution in [0.4, 0.5) is 0 Å². The number of ether oxygens (including phenoxy) is 1. The molecule has 2 aliphatic carbocycles. The average molecular weight is 273 g/mol. The Hall–Kier alpha value is -1.84. The lowest BCUT2D eigenvalue weighted by Gasteiger charge is -2.03. The van der Waals surface area contributed by atoms with Crippen LogP contribution in [0.25, 0.3) is 0 Å². The summed E-state index contributed by atoms with van der Waals surface area (Å²) in [5, 5.41) is 4.00. The summed E-state index contributed by atoms with van der Waals surface area (Å²) in [5.74, 6) is 1.68. The van der Waals surface area contributed by atoms with Crippen LogP contribution in [0.3, 0.4) is 0 Å². The van der Waals surface area contributed by atoms with Crippen LogP contribution in [0, 0.1) is 11.8 Å². The number of methoxy groups -OCH3 is 1. The summed E-state index contributed by atoms with van der Waals surface area (Å²) in [7, 11) is 1.67. The Bertz CT molecular complexity index is 531. The highest BCUT2D eigenvalue weighted by molar-refractivity contribution is 5.88. The second-order valence-corrected chi connectivity index (χ2v) is 5.64. The summed E-state index contributed by atoms with van der Waals surface area (Å²) < 4.78 is 5.16. The molecule has 3 rings (SSSR count). The van der Waals surface area contributed by atoms with Gasteiger partial charge < -0.3 is 9.57 Å². The van der Waals surface area contributed by atoms with E-state index in [2.05, 4.69) is 17.3 Å². The molecule has 0 N–H and O–H groups in total. The van der Waals surface area contributed by atoms with Crippen LogP contribution in [-0.4, -0.2) is 18.8 Å². The molecule has 0 spiro atoms. The molecule has 0 heterocycles. The van der Waals surface area contributed by atoms with Crippen LogP contribution in [0.15, 0.2) is 29.4 Å². The van der Waals surface area contributed by atoms with Gasteiger partial charge in [-0.25, -0.2) is 4.79 Å². The molecular formula is C16H19NO3. The molecule has 2 saturated carbocycles. The number of rotatable bonds is 5. The first-order valence-electron chi connectivity index (χ1n) is 7.08. The minimum Gasteiger partial charge on any atom is -0.497 e. The van der Waals surface area contributed by atoms with Crippen molar-refractivity contribution in [2.75, 3.05) is 7.11 Å². The van der Waals surface area contributed by atoms with E-state index >= 15 is 0 Å². The third-order valence-corrected chi connectivity index (χ3v) is 4.06. The van der Waals surface area contributed by atoms with E-state index in [1.165, 1.54) is 5.56 Å². The van der Waals surface area contributed by atoms with E-state index in [0.29, 0.717) is 11.8 Å². The van der Waals surface area contributed by atoms with Crippen molar-refractivity contribution < 1.29 is 14.4 Å². The maximum Gasteiger partial charge on any atom is 0.338 e. The monoisotopic (exact) mass is 273 g/mol. The van der Waals surface area contributed by atoms with Crippen molar-refractivity contribution in [1.82, 2.24) is 0 Å². The molecule has 1 aromatic rings. The molecule has 2 atom stereocenters. The Kier molecular flexibility index (Phi) is 3.47. The molecule has 2 aliphatic rings. The Morgan fingerprint density at radius 1 is 1.25 bits per heavy atom. The van der Waals surface area contributed by atoms with Crippen LogP contribution >= 0.6 is 0 Å². The van der Waals surface area contributed by atoms with Crippen LogP contribution in [0.2, 0.25) is 0 Å². The Morgan fingerprint density at radius 2 is 1.95 bits per heavy atom. The smallest absolute Gasteiger partial charge is 0.338 e. The van der Waals surface area contributed by atoms with Crippen molar-refractivity contribution >= 4 is 11.7 Å². The molecular weight excluding hydrogens is 254 g/mol. The van der Waals surface area contributed by atoms with Crippen molar-refractivity contribution in [3.05, 3.63) is 29.8 Å². The van der Waals surface area contributed by atoms with Gasteiger partial charge in [-0.15, -0.1) is 0 Å². The lowest BCUT2D eigenvalue weighted by molar-refractivity contribution is -0.145. The van der Waals surface area contributed by atoms with Gasteiger partial charge in [-0.05, 0) is 49.8 Å². The standard InChI is InChI=1S/C16H19NO3/c1-10(17-20-16(18)12-3-4-12)14-9-15(14)11-5-7-13(19-2)8-6-11/h5-8,12,14-15H,3-4,9H2,1-2H3/b17-10-/t14-,15-/m0/s1. The normalized spacial score (nSPS) is 25.2. The molecule has 2 fully saturated rings. The van der Waals surface area contributed by atoms with Gasteiger partial charge in [0.15, 0.2) is 0 Å². The number of nitrogens with zero attached hydrogens (tertiary/aromatic N) is 1. The average Bonchev–Trinajstić information content (AvgIpc) is 3.36. The van der Waals surface area contributed by atoms with Crippen molar-refractivity contribution in [3.8, 4) is 5.75 Å². The fourth-order valence-electron chi connectivity index (χ4n) is 2.45. The number of carbonyl (C=O) groups is 1. The van der Waals surface area contributed by atoms with Gasteiger partial charge in [-0.3, -0.25) is 0 Å². The van der Waals surface area contributed by atoms with E-state index in [1.807, 2.05) is 19.1 Å². The predicted octanol–water partition coefficient (Wildman–Crippen LogP) is 3.13. The molecule has 20 heavy (non-hydrogen) atoms. The first-order chi connectivity index (χ1) is 9.69. The fraction of sp³-hybridized carbons (Fsp3) is 0.500. The van der Waals surface area contributed by atoms with Gasteiger partial charge in [0, 0.05) is 5.92 Å². The number of oxime groups is 1. The van der Waals surface area contributed by atoms with Gasteiger partial charge in [0.25, 0.3) is 0 Å². The van der Waals surface area contributed by atoms with Crippen LogP contribution in [-0.2, 0) is 9.63 Å². The van der Waals surface area contributed by atoms with Gasteiger partial charge in [0.05, 0.1) is 18.7 Å². The van der Waals surface area contributed by atoms with Crippen molar-refractivity contribution in [1.29, 1.82) is 0 Å². The maximum absolute atomic E-state index is 11.4.